The minimum Gasteiger partial charge on any atom is -0.381 e. The van der Waals surface area contributed by atoms with Crippen molar-refractivity contribution in [3.8, 4) is 0 Å². The van der Waals surface area contributed by atoms with Crippen molar-refractivity contribution < 1.29 is 9.47 Å². The summed E-state index contributed by atoms with van der Waals surface area (Å²) < 4.78 is 11.3. The monoisotopic (exact) mass is 255 g/mol. The quantitative estimate of drug-likeness (QED) is 0.791. The summed E-state index contributed by atoms with van der Waals surface area (Å²) in [5, 5.41) is 3.72. The van der Waals surface area contributed by atoms with Crippen LogP contribution in [0.25, 0.3) is 0 Å². The highest BCUT2D eigenvalue weighted by molar-refractivity contribution is 4.87. The fourth-order valence-electron chi connectivity index (χ4n) is 3.56. The van der Waals surface area contributed by atoms with Gasteiger partial charge in [0.15, 0.2) is 0 Å². The molecule has 18 heavy (non-hydrogen) atoms. The van der Waals surface area contributed by atoms with Gasteiger partial charge in [0, 0.05) is 31.8 Å². The van der Waals surface area contributed by atoms with Crippen LogP contribution in [0.3, 0.4) is 0 Å². The summed E-state index contributed by atoms with van der Waals surface area (Å²) in [7, 11) is 0. The van der Waals surface area contributed by atoms with Gasteiger partial charge in [0.2, 0.25) is 0 Å². The molecule has 3 atom stereocenters. The zero-order valence-corrected chi connectivity index (χ0v) is 12.0. The number of rotatable bonds is 6. The number of hydrogen-bond donors (Lipinski definition) is 1. The fraction of sp³-hybridized carbons (Fsp3) is 1.00. The van der Waals surface area contributed by atoms with Crippen LogP contribution in [0, 0.1) is 11.8 Å². The molecule has 0 aromatic rings. The summed E-state index contributed by atoms with van der Waals surface area (Å²) in [6, 6.07) is 0.644. The zero-order valence-electron chi connectivity index (χ0n) is 12.0. The Morgan fingerprint density at radius 1 is 1.11 bits per heavy atom. The van der Waals surface area contributed by atoms with Crippen LogP contribution in [-0.4, -0.2) is 38.5 Å². The van der Waals surface area contributed by atoms with Crippen molar-refractivity contribution in [1.29, 1.82) is 0 Å². The van der Waals surface area contributed by atoms with E-state index in [1.165, 1.54) is 25.7 Å². The molecule has 0 aliphatic carbocycles. The van der Waals surface area contributed by atoms with Crippen molar-refractivity contribution in [3.63, 3.8) is 0 Å². The smallest absolute Gasteiger partial charge is 0.0616 e. The molecule has 3 heteroatoms. The minimum atomic E-state index is 0.480. The Morgan fingerprint density at radius 2 is 1.89 bits per heavy atom. The van der Waals surface area contributed by atoms with Gasteiger partial charge in [-0.05, 0) is 44.6 Å². The van der Waals surface area contributed by atoms with Gasteiger partial charge in [-0.15, -0.1) is 0 Å². The Hall–Kier alpha value is -0.120. The van der Waals surface area contributed by atoms with E-state index in [9.17, 15) is 0 Å². The molecule has 2 rings (SSSR count). The highest BCUT2D eigenvalue weighted by Gasteiger charge is 2.34. The highest BCUT2D eigenvalue weighted by Crippen LogP contribution is 2.31. The van der Waals surface area contributed by atoms with Crippen molar-refractivity contribution in [2.75, 3.05) is 26.4 Å². The van der Waals surface area contributed by atoms with E-state index in [2.05, 4.69) is 19.2 Å². The summed E-state index contributed by atoms with van der Waals surface area (Å²) in [5.74, 6) is 1.57. The second-order valence-corrected chi connectivity index (χ2v) is 5.73. The van der Waals surface area contributed by atoms with E-state index >= 15 is 0 Å². The van der Waals surface area contributed by atoms with Gasteiger partial charge in [-0.1, -0.05) is 13.8 Å². The molecule has 0 radical (unpaired) electrons. The van der Waals surface area contributed by atoms with Gasteiger partial charge in [0.05, 0.1) is 6.10 Å². The molecule has 0 saturated carbocycles. The number of hydrogen-bond acceptors (Lipinski definition) is 3. The predicted octanol–water partition coefficient (Wildman–Crippen LogP) is 2.60. The first kappa shape index (κ1) is 14.3. The van der Waals surface area contributed by atoms with Crippen molar-refractivity contribution >= 4 is 0 Å². The third-order valence-electron chi connectivity index (χ3n) is 4.57. The third-order valence-corrected chi connectivity index (χ3v) is 4.57. The lowest BCUT2D eigenvalue weighted by molar-refractivity contribution is 0.0481. The SMILES string of the molecule is CCNC(CC1CCOCC1)C1CCOC1CC. The van der Waals surface area contributed by atoms with Gasteiger partial charge in [0.25, 0.3) is 0 Å². The minimum absolute atomic E-state index is 0.480. The number of ether oxygens (including phenoxy) is 2. The van der Waals surface area contributed by atoms with E-state index in [4.69, 9.17) is 9.47 Å². The Balaban J connectivity index is 1.89. The van der Waals surface area contributed by atoms with E-state index < -0.39 is 0 Å². The molecule has 106 valence electrons. The van der Waals surface area contributed by atoms with Gasteiger partial charge >= 0.3 is 0 Å². The number of nitrogens with one attached hydrogen (secondary N) is 1. The molecule has 0 amide bonds. The summed E-state index contributed by atoms with van der Waals surface area (Å²) in [6.07, 6.45) is 6.66. The van der Waals surface area contributed by atoms with Crippen LogP contribution >= 0.6 is 0 Å². The van der Waals surface area contributed by atoms with Gasteiger partial charge in [-0.25, -0.2) is 0 Å². The Bertz CT molecular complexity index is 229. The van der Waals surface area contributed by atoms with Gasteiger partial charge in [-0.3, -0.25) is 0 Å². The summed E-state index contributed by atoms with van der Waals surface area (Å²) in [6.45, 7) is 8.41. The average molecular weight is 255 g/mol. The van der Waals surface area contributed by atoms with Crippen LogP contribution in [0.5, 0.6) is 0 Å². The van der Waals surface area contributed by atoms with Crippen LogP contribution in [0.15, 0.2) is 0 Å². The highest BCUT2D eigenvalue weighted by atomic mass is 16.5. The topological polar surface area (TPSA) is 30.5 Å². The Kier molecular flexibility index (Phi) is 5.93. The van der Waals surface area contributed by atoms with E-state index in [0.29, 0.717) is 12.1 Å². The molecule has 0 aromatic heterocycles. The van der Waals surface area contributed by atoms with Crippen molar-refractivity contribution in [1.82, 2.24) is 5.32 Å². The molecular weight excluding hydrogens is 226 g/mol. The third kappa shape index (κ3) is 3.69. The fourth-order valence-corrected chi connectivity index (χ4v) is 3.56. The Labute approximate surface area is 112 Å². The molecule has 2 saturated heterocycles. The van der Waals surface area contributed by atoms with Crippen LogP contribution in [-0.2, 0) is 9.47 Å². The molecule has 1 N–H and O–H groups in total. The van der Waals surface area contributed by atoms with Crippen LogP contribution in [0.2, 0.25) is 0 Å². The van der Waals surface area contributed by atoms with Crippen molar-refractivity contribution in [3.05, 3.63) is 0 Å². The lowest BCUT2D eigenvalue weighted by Crippen LogP contribution is -2.41. The molecule has 3 nitrogen and oxygen atoms in total. The molecular formula is C15H29NO2. The van der Waals surface area contributed by atoms with Crippen LogP contribution in [0.4, 0.5) is 0 Å². The molecule has 2 fully saturated rings. The van der Waals surface area contributed by atoms with E-state index in [1.54, 1.807) is 0 Å². The summed E-state index contributed by atoms with van der Waals surface area (Å²) >= 11 is 0. The van der Waals surface area contributed by atoms with Crippen molar-refractivity contribution in [2.24, 2.45) is 11.8 Å². The van der Waals surface area contributed by atoms with E-state index in [-0.39, 0.29) is 0 Å². The van der Waals surface area contributed by atoms with Crippen LogP contribution in [0.1, 0.15) is 46.0 Å². The second-order valence-electron chi connectivity index (χ2n) is 5.73. The van der Waals surface area contributed by atoms with Gasteiger partial charge in [0.1, 0.15) is 0 Å². The molecule has 0 bridgehead atoms. The molecule has 2 aliphatic heterocycles. The Morgan fingerprint density at radius 3 is 2.56 bits per heavy atom. The maximum atomic E-state index is 5.87. The largest absolute Gasteiger partial charge is 0.381 e. The first-order chi connectivity index (χ1) is 8.85. The summed E-state index contributed by atoms with van der Waals surface area (Å²) in [5.41, 5.74) is 0. The second kappa shape index (κ2) is 7.46. The van der Waals surface area contributed by atoms with Crippen LogP contribution < -0.4 is 5.32 Å². The maximum Gasteiger partial charge on any atom is 0.0616 e. The molecule has 2 heterocycles. The predicted molar refractivity (Wildman–Crippen MR) is 73.8 cm³/mol. The summed E-state index contributed by atoms with van der Waals surface area (Å²) in [4.78, 5) is 0. The molecule has 0 aromatic carbocycles. The van der Waals surface area contributed by atoms with E-state index in [0.717, 1.165) is 44.6 Å². The molecule has 2 aliphatic rings. The van der Waals surface area contributed by atoms with E-state index in [1.807, 2.05) is 0 Å². The lowest BCUT2D eigenvalue weighted by Gasteiger charge is -2.32. The maximum absolute atomic E-state index is 5.87. The zero-order chi connectivity index (χ0) is 12.8. The molecule has 3 unspecified atom stereocenters. The average Bonchev–Trinajstić information content (AvgIpc) is 2.87. The molecule has 0 spiro atoms. The van der Waals surface area contributed by atoms with Crippen molar-refractivity contribution in [2.45, 2.75) is 58.1 Å². The van der Waals surface area contributed by atoms with Gasteiger partial charge in [-0.2, -0.15) is 0 Å². The van der Waals surface area contributed by atoms with Gasteiger partial charge < -0.3 is 14.8 Å². The normalized spacial score (nSPS) is 31.7. The first-order valence-electron chi connectivity index (χ1n) is 7.77. The first-order valence-corrected chi connectivity index (χ1v) is 7.77. The standard InChI is InChI=1S/C15H29NO2/c1-3-15-13(7-10-18-15)14(16-4-2)11-12-5-8-17-9-6-12/h12-16H,3-11H2,1-2H3. The lowest BCUT2D eigenvalue weighted by atomic mass is 9.83.